The molecule has 2 N–H and O–H groups in total. The Morgan fingerprint density at radius 1 is 0.691 bits per heavy atom. The summed E-state index contributed by atoms with van der Waals surface area (Å²) in [7, 11) is 0. The van der Waals surface area contributed by atoms with Gasteiger partial charge in [0.15, 0.2) is 0 Å². The maximum atomic E-state index is 12.9. The van der Waals surface area contributed by atoms with Crippen molar-refractivity contribution in [3.05, 3.63) is 47.5 Å². The molecule has 0 saturated carbocycles. The van der Waals surface area contributed by atoms with E-state index in [1.165, 1.54) is 37.7 Å². The first-order valence-corrected chi connectivity index (χ1v) is 21.8. The lowest BCUT2D eigenvalue weighted by Crippen LogP contribution is -2.44. The molecule has 0 bridgehead atoms. The van der Waals surface area contributed by atoms with E-state index < -0.39 is 17.9 Å². The first-order chi connectivity index (χ1) is 25.8. The Hall–Kier alpha value is -2.22. The van der Waals surface area contributed by atoms with Gasteiger partial charge in [-0.3, -0.25) is 9.59 Å². The molecule has 0 aliphatic carbocycles. The molecule has 0 spiro atoms. The highest BCUT2D eigenvalue weighted by Crippen LogP contribution is 2.43. The number of rotatable bonds is 30. The van der Waals surface area contributed by atoms with Crippen LogP contribution in [-0.4, -0.2) is 43.0 Å². The molecule has 55 heavy (non-hydrogen) atoms. The minimum atomic E-state index is -0.732. The van der Waals surface area contributed by atoms with E-state index in [1.807, 2.05) is 30.3 Å². The van der Waals surface area contributed by atoms with Crippen molar-refractivity contribution in [2.24, 2.45) is 34.5 Å². The van der Waals surface area contributed by atoms with Gasteiger partial charge in [-0.25, -0.2) is 0 Å². The van der Waals surface area contributed by atoms with E-state index in [2.05, 4.69) is 101 Å². The third-order valence-corrected chi connectivity index (χ3v) is 13.3. The number of hydrogen-bond donors (Lipinski definition) is 1. The highest BCUT2D eigenvalue weighted by atomic mass is 16.7. The van der Waals surface area contributed by atoms with Crippen molar-refractivity contribution in [2.75, 3.05) is 19.8 Å². The largest absolute Gasteiger partial charge is 0.465 e. The summed E-state index contributed by atoms with van der Waals surface area (Å²) in [5, 5.41) is 0. The fraction of sp³-hybridized carbons (Fsp3) is 0.792. The van der Waals surface area contributed by atoms with Crippen LogP contribution in [0.2, 0.25) is 0 Å². The molecule has 6 atom stereocenters. The van der Waals surface area contributed by atoms with Gasteiger partial charge in [-0.05, 0) is 120 Å². The summed E-state index contributed by atoms with van der Waals surface area (Å²) in [5.41, 5.74) is 1.94. The Morgan fingerprint density at radius 3 is 1.58 bits per heavy atom. The van der Waals surface area contributed by atoms with Gasteiger partial charge in [-0.15, -0.1) is 0 Å². The molecule has 0 amide bonds. The van der Waals surface area contributed by atoms with Crippen LogP contribution in [0, 0.1) is 28.6 Å². The second-order valence-electron chi connectivity index (χ2n) is 18.8. The molecule has 1 aromatic rings. The van der Waals surface area contributed by atoms with E-state index in [9.17, 15) is 9.59 Å². The molecule has 0 fully saturated rings. The molecule has 318 valence electrons. The van der Waals surface area contributed by atoms with Gasteiger partial charge in [0, 0.05) is 13.2 Å². The summed E-state index contributed by atoms with van der Waals surface area (Å²) >= 11 is 0. The van der Waals surface area contributed by atoms with Crippen molar-refractivity contribution in [1.82, 2.24) is 0 Å². The number of carbonyl (C=O) groups excluding carboxylic acids is 2. The molecule has 6 unspecified atom stereocenters. The van der Waals surface area contributed by atoms with Gasteiger partial charge in [0.25, 0.3) is 0 Å². The molecule has 7 heteroatoms. The van der Waals surface area contributed by atoms with Crippen LogP contribution in [0.5, 0.6) is 0 Å². The van der Waals surface area contributed by atoms with Crippen molar-refractivity contribution in [3.8, 4) is 0 Å². The van der Waals surface area contributed by atoms with E-state index in [4.69, 9.17) is 20.1 Å². The summed E-state index contributed by atoms with van der Waals surface area (Å²) < 4.78 is 19.1. The topological polar surface area (TPSA) is 97.1 Å². The van der Waals surface area contributed by atoms with Gasteiger partial charge in [0.05, 0.1) is 30.1 Å². The fourth-order valence-corrected chi connectivity index (χ4v) is 7.62. The average molecular weight is 772 g/mol. The highest BCUT2D eigenvalue weighted by molar-refractivity contribution is 5.84. The Kier molecular flexibility index (Phi) is 23.3. The van der Waals surface area contributed by atoms with Crippen molar-refractivity contribution < 1.29 is 28.6 Å². The Bertz CT molecular complexity index is 1240. The first-order valence-electron chi connectivity index (χ1n) is 21.8. The normalized spacial score (nSPS) is 16.6. The molecule has 0 aromatic heterocycles. The monoisotopic (exact) mass is 772 g/mol. The minimum Gasteiger partial charge on any atom is -0.465 e. The lowest BCUT2D eigenvalue weighted by Gasteiger charge is -2.44. The van der Waals surface area contributed by atoms with Gasteiger partial charge in [0.2, 0.25) is 0 Å². The Labute approximate surface area is 338 Å². The van der Waals surface area contributed by atoms with Crippen LogP contribution in [0.3, 0.4) is 0 Å². The van der Waals surface area contributed by atoms with Crippen molar-refractivity contribution in [2.45, 2.75) is 197 Å². The standard InChI is InChI=1S/C48H85NO6/c1-14-47(12,53-34-29-38(5)23-19-22-37(3)4)46(10,11)32-21-25-40(7)30-35-54-48(13,15-2)45(8,9)31-20-24-39(6)28-33-52-44(51)42(36-43(50)55-49)41-26-17-16-18-27-41/h16-18,22,26-27,38-40,42H,14-15,19-21,23-25,28-36,49H2,1-13H3. The molecule has 1 aromatic carbocycles. The van der Waals surface area contributed by atoms with Gasteiger partial charge < -0.3 is 19.0 Å². The number of allylic oxidation sites excluding steroid dienone is 2. The number of carbonyl (C=O) groups is 2. The van der Waals surface area contributed by atoms with Gasteiger partial charge in [-0.2, -0.15) is 5.90 Å². The van der Waals surface area contributed by atoms with Gasteiger partial charge in [-0.1, -0.05) is 130 Å². The summed E-state index contributed by atoms with van der Waals surface area (Å²) in [6.07, 6.45) is 16.3. The molecule has 0 heterocycles. The van der Waals surface area contributed by atoms with Gasteiger partial charge in [0.1, 0.15) is 0 Å². The minimum absolute atomic E-state index is 0.0235. The zero-order chi connectivity index (χ0) is 41.7. The number of nitrogens with two attached hydrogens (primary N) is 1. The molecule has 1 rings (SSSR count). The van der Waals surface area contributed by atoms with Gasteiger partial charge >= 0.3 is 11.9 Å². The van der Waals surface area contributed by atoms with E-state index in [1.54, 1.807) is 0 Å². The number of ether oxygens (including phenoxy) is 3. The van der Waals surface area contributed by atoms with Crippen LogP contribution < -0.4 is 5.90 Å². The van der Waals surface area contributed by atoms with Crippen LogP contribution in [-0.2, 0) is 28.6 Å². The van der Waals surface area contributed by atoms with Crippen molar-refractivity contribution in [1.29, 1.82) is 0 Å². The fourth-order valence-electron chi connectivity index (χ4n) is 7.62. The smallest absolute Gasteiger partial charge is 0.325 e. The Balaban J connectivity index is 2.50. The zero-order valence-corrected chi connectivity index (χ0v) is 37.8. The summed E-state index contributed by atoms with van der Waals surface area (Å²) in [5.74, 6) is 4.94. The molecule has 7 nitrogen and oxygen atoms in total. The van der Waals surface area contributed by atoms with Crippen molar-refractivity contribution >= 4 is 11.9 Å². The van der Waals surface area contributed by atoms with E-state index >= 15 is 0 Å². The molecule has 0 radical (unpaired) electrons. The number of benzene rings is 1. The van der Waals surface area contributed by atoms with Crippen LogP contribution in [0.4, 0.5) is 0 Å². The molecular formula is C48H85NO6. The van der Waals surface area contributed by atoms with Crippen LogP contribution in [0.25, 0.3) is 0 Å². The van der Waals surface area contributed by atoms with Crippen LogP contribution in [0.1, 0.15) is 191 Å². The predicted molar refractivity (Wildman–Crippen MR) is 230 cm³/mol. The van der Waals surface area contributed by atoms with Crippen molar-refractivity contribution in [3.63, 3.8) is 0 Å². The summed E-state index contributed by atoms with van der Waals surface area (Å²) in [6.45, 7) is 31.9. The SMILES string of the molecule is CCC(C)(OCCC(C)CCC=C(C)C)C(C)(C)CCCC(C)CCOC(C)(CC)C(C)(C)CCCC(C)CCOC(=O)C(CC(=O)ON)c1ccccc1. The van der Waals surface area contributed by atoms with E-state index in [0.29, 0.717) is 29.9 Å². The molecular weight excluding hydrogens is 687 g/mol. The number of esters is 1. The maximum absolute atomic E-state index is 12.9. The third-order valence-electron chi connectivity index (χ3n) is 13.3. The quantitative estimate of drug-likeness (QED) is 0.0472. The second kappa shape index (κ2) is 25.2. The lowest BCUT2D eigenvalue weighted by atomic mass is 9.70. The average Bonchev–Trinajstić information content (AvgIpc) is 3.13. The number of hydrogen-bond acceptors (Lipinski definition) is 7. The highest BCUT2D eigenvalue weighted by Gasteiger charge is 2.41. The molecule has 0 saturated heterocycles. The summed E-state index contributed by atoms with van der Waals surface area (Å²) in [4.78, 5) is 29.1. The van der Waals surface area contributed by atoms with E-state index in [0.717, 1.165) is 64.6 Å². The molecule has 0 aliphatic rings. The zero-order valence-electron chi connectivity index (χ0n) is 37.8. The second-order valence-corrected chi connectivity index (χ2v) is 18.8. The predicted octanol–water partition coefficient (Wildman–Crippen LogP) is 12.7. The third kappa shape index (κ3) is 18.3. The molecule has 0 aliphatic heterocycles. The lowest BCUT2D eigenvalue weighted by molar-refractivity contribution is -0.152. The van der Waals surface area contributed by atoms with E-state index in [-0.39, 0.29) is 28.5 Å². The Morgan fingerprint density at radius 2 is 1.15 bits per heavy atom. The summed E-state index contributed by atoms with van der Waals surface area (Å²) in [6, 6.07) is 9.16. The van der Waals surface area contributed by atoms with Crippen LogP contribution >= 0.6 is 0 Å². The first kappa shape index (κ1) is 50.8. The van der Waals surface area contributed by atoms with Crippen LogP contribution in [0.15, 0.2) is 42.0 Å². The maximum Gasteiger partial charge on any atom is 0.325 e.